The maximum absolute atomic E-state index is 12.3. The standard InChI is InChI=1S/C14H19NO5/c1-2-15(12-9-19-8-11(12)14(17)18)13(16)6-5-10-4-3-7-20-10/h3-4,7,11-12H,2,5-6,8-9H2,1H3,(H,17,18). The fourth-order valence-electron chi connectivity index (χ4n) is 2.51. The third-order valence-electron chi connectivity index (χ3n) is 3.59. The lowest BCUT2D eigenvalue weighted by atomic mass is 10.0. The van der Waals surface area contributed by atoms with E-state index in [1.54, 1.807) is 17.2 Å². The van der Waals surface area contributed by atoms with Crippen molar-refractivity contribution in [3.63, 3.8) is 0 Å². The zero-order valence-electron chi connectivity index (χ0n) is 11.4. The highest BCUT2D eigenvalue weighted by Crippen LogP contribution is 2.21. The molecule has 2 atom stereocenters. The van der Waals surface area contributed by atoms with Crippen LogP contribution in [0.4, 0.5) is 0 Å². The van der Waals surface area contributed by atoms with Gasteiger partial charge >= 0.3 is 5.97 Å². The Balaban J connectivity index is 1.96. The Bertz CT molecular complexity index is 456. The fourth-order valence-corrected chi connectivity index (χ4v) is 2.51. The maximum Gasteiger partial charge on any atom is 0.311 e. The molecule has 6 nitrogen and oxygen atoms in total. The van der Waals surface area contributed by atoms with Gasteiger partial charge in [0.15, 0.2) is 0 Å². The van der Waals surface area contributed by atoms with Crippen LogP contribution >= 0.6 is 0 Å². The molecule has 1 aliphatic rings. The van der Waals surface area contributed by atoms with Crippen LogP contribution in [0.2, 0.25) is 0 Å². The second-order valence-corrected chi connectivity index (χ2v) is 4.81. The molecule has 0 bridgehead atoms. The molecular formula is C14H19NO5. The Morgan fingerprint density at radius 1 is 1.45 bits per heavy atom. The van der Waals surface area contributed by atoms with Crippen molar-refractivity contribution in [3.8, 4) is 0 Å². The van der Waals surface area contributed by atoms with Gasteiger partial charge in [-0.25, -0.2) is 0 Å². The molecule has 1 aliphatic heterocycles. The van der Waals surface area contributed by atoms with E-state index in [0.29, 0.717) is 19.4 Å². The predicted molar refractivity (Wildman–Crippen MR) is 70.1 cm³/mol. The molecule has 0 spiro atoms. The molecule has 0 saturated carbocycles. The second-order valence-electron chi connectivity index (χ2n) is 4.81. The number of amides is 1. The van der Waals surface area contributed by atoms with E-state index in [2.05, 4.69) is 0 Å². The number of nitrogens with zero attached hydrogens (tertiary/aromatic N) is 1. The van der Waals surface area contributed by atoms with E-state index in [9.17, 15) is 9.59 Å². The summed E-state index contributed by atoms with van der Waals surface area (Å²) in [5.41, 5.74) is 0. The van der Waals surface area contributed by atoms with Gasteiger partial charge in [0.05, 0.1) is 25.5 Å². The van der Waals surface area contributed by atoms with Gasteiger partial charge in [0.25, 0.3) is 0 Å². The lowest BCUT2D eigenvalue weighted by Crippen LogP contribution is -2.46. The molecule has 6 heteroatoms. The first-order valence-corrected chi connectivity index (χ1v) is 6.76. The van der Waals surface area contributed by atoms with E-state index in [0.717, 1.165) is 5.76 Å². The van der Waals surface area contributed by atoms with Crippen molar-refractivity contribution in [2.45, 2.75) is 25.8 Å². The highest BCUT2D eigenvalue weighted by Gasteiger charge is 2.39. The molecule has 1 aromatic rings. The number of aliphatic carboxylic acids is 1. The lowest BCUT2D eigenvalue weighted by molar-refractivity contribution is -0.145. The SMILES string of the molecule is CCN(C(=O)CCc1ccco1)C1COCC1C(=O)O. The van der Waals surface area contributed by atoms with Crippen LogP contribution in [0.3, 0.4) is 0 Å². The number of furan rings is 1. The third-order valence-corrected chi connectivity index (χ3v) is 3.59. The number of carbonyl (C=O) groups is 2. The second kappa shape index (κ2) is 6.56. The largest absolute Gasteiger partial charge is 0.481 e. The summed E-state index contributed by atoms with van der Waals surface area (Å²) in [6, 6.07) is 3.23. The highest BCUT2D eigenvalue weighted by atomic mass is 16.5. The molecule has 0 aromatic carbocycles. The Morgan fingerprint density at radius 2 is 2.25 bits per heavy atom. The van der Waals surface area contributed by atoms with Gasteiger partial charge in [0.2, 0.25) is 5.91 Å². The summed E-state index contributed by atoms with van der Waals surface area (Å²) in [6.45, 7) is 2.79. The Hall–Kier alpha value is -1.82. The molecule has 1 fully saturated rings. The molecule has 2 heterocycles. The van der Waals surface area contributed by atoms with Gasteiger partial charge in [-0.2, -0.15) is 0 Å². The van der Waals surface area contributed by atoms with Crippen molar-refractivity contribution in [2.75, 3.05) is 19.8 Å². The molecule has 20 heavy (non-hydrogen) atoms. The summed E-state index contributed by atoms with van der Waals surface area (Å²) >= 11 is 0. The number of carboxylic acids is 1. The molecule has 0 radical (unpaired) electrons. The first-order valence-electron chi connectivity index (χ1n) is 6.76. The maximum atomic E-state index is 12.3. The van der Waals surface area contributed by atoms with Crippen molar-refractivity contribution in [1.29, 1.82) is 0 Å². The molecule has 1 amide bonds. The molecular weight excluding hydrogens is 262 g/mol. The van der Waals surface area contributed by atoms with Gasteiger partial charge in [-0.05, 0) is 19.1 Å². The number of aryl methyl sites for hydroxylation is 1. The lowest BCUT2D eigenvalue weighted by Gasteiger charge is -2.29. The van der Waals surface area contributed by atoms with E-state index < -0.39 is 11.9 Å². The number of hydrogen-bond donors (Lipinski definition) is 1. The first kappa shape index (κ1) is 14.6. The Labute approximate surface area is 117 Å². The fraction of sp³-hybridized carbons (Fsp3) is 0.571. The summed E-state index contributed by atoms with van der Waals surface area (Å²) in [7, 11) is 0. The van der Waals surface area contributed by atoms with E-state index >= 15 is 0 Å². The van der Waals surface area contributed by atoms with Crippen molar-refractivity contribution in [1.82, 2.24) is 4.90 Å². The van der Waals surface area contributed by atoms with Crippen LogP contribution in [0.1, 0.15) is 19.1 Å². The zero-order valence-corrected chi connectivity index (χ0v) is 11.4. The van der Waals surface area contributed by atoms with Crippen molar-refractivity contribution >= 4 is 11.9 Å². The summed E-state index contributed by atoms with van der Waals surface area (Å²) in [5.74, 6) is -0.857. The Morgan fingerprint density at radius 3 is 2.85 bits per heavy atom. The van der Waals surface area contributed by atoms with Crippen LogP contribution in [0, 0.1) is 5.92 Å². The summed E-state index contributed by atoms with van der Waals surface area (Å²) < 4.78 is 10.4. The van der Waals surface area contributed by atoms with Gasteiger partial charge < -0.3 is 19.2 Å². The normalized spacial score (nSPS) is 21.9. The van der Waals surface area contributed by atoms with Crippen LogP contribution in [0.5, 0.6) is 0 Å². The van der Waals surface area contributed by atoms with Gasteiger partial charge in [-0.15, -0.1) is 0 Å². The van der Waals surface area contributed by atoms with Gasteiger partial charge in [0, 0.05) is 19.4 Å². The highest BCUT2D eigenvalue weighted by molar-refractivity contribution is 5.78. The monoisotopic (exact) mass is 281 g/mol. The number of rotatable bonds is 6. The number of carboxylic acid groups (broad SMARTS) is 1. The topological polar surface area (TPSA) is 80.0 Å². The quantitative estimate of drug-likeness (QED) is 0.846. The first-order chi connectivity index (χ1) is 9.63. The van der Waals surface area contributed by atoms with Gasteiger partial charge in [-0.1, -0.05) is 0 Å². The third kappa shape index (κ3) is 3.19. The number of carbonyl (C=O) groups excluding carboxylic acids is 1. The van der Waals surface area contributed by atoms with Gasteiger partial charge in [0.1, 0.15) is 11.7 Å². The zero-order chi connectivity index (χ0) is 14.5. The average Bonchev–Trinajstić information content (AvgIpc) is 3.08. The molecule has 110 valence electrons. The van der Waals surface area contributed by atoms with Crippen LogP contribution in [0.15, 0.2) is 22.8 Å². The molecule has 0 aliphatic carbocycles. The van der Waals surface area contributed by atoms with Crippen LogP contribution in [-0.4, -0.2) is 47.7 Å². The van der Waals surface area contributed by atoms with Crippen molar-refractivity contribution in [2.24, 2.45) is 5.92 Å². The molecule has 1 aromatic heterocycles. The smallest absolute Gasteiger partial charge is 0.311 e. The van der Waals surface area contributed by atoms with Crippen LogP contribution in [-0.2, 0) is 20.7 Å². The summed E-state index contributed by atoms with van der Waals surface area (Å²) in [6.07, 6.45) is 2.40. The molecule has 1 saturated heterocycles. The van der Waals surface area contributed by atoms with E-state index in [1.807, 2.05) is 13.0 Å². The molecule has 2 unspecified atom stereocenters. The average molecular weight is 281 g/mol. The minimum Gasteiger partial charge on any atom is -0.481 e. The Kier molecular flexibility index (Phi) is 4.79. The minimum absolute atomic E-state index is 0.0642. The van der Waals surface area contributed by atoms with Crippen molar-refractivity contribution < 1.29 is 23.8 Å². The summed E-state index contributed by atoms with van der Waals surface area (Å²) in [5, 5.41) is 9.16. The predicted octanol–water partition coefficient (Wildman–Crippen LogP) is 1.16. The number of ether oxygens (including phenoxy) is 1. The van der Waals surface area contributed by atoms with E-state index in [4.69, 9.17) is 14.3 Å². The van der Waals surface area contributed by atoms with E-state index in [-0.39, 0.29) is 25.2 Å². The van der Waals surface area contributed by atoms with E-state index in [1.165, 1.54) is 0 Å². The number of likely N-dealkylation sites (N-methyl/N-ethyl adjacent to an activating group) is 1. The molecule has 2 rings (SSSR count). The van der Waals surface area contributed by atoms with Gasteiger partial charge in [-0.3, -0.25) is 9.59 Å². The van der Waals surface area contributed by atoms with Crippen molar-refractivity contribution in [3.05, 3.63) is 24.2 Å². The molecule has 1 N–H and O–H groups in total. The number of hydrogen-bond acceptors (Lipinski definition) is 4. The van der Waals surface area contributed by atoms with Crippen LogP contribution < -0.4 is 0 Å². The minimum atomic E-state index is -0.912. The van der Waals surface area contributed by atoms with Crippen LogP contribution in [0.25, 0.3) is 0 Å². The summed E-state index contributed by atoms with van der Waals surface area (Å²) in [4.78, 5) is 25.0.